The molecule has 1 aliphatic heterocycles. The molecule has 0 saturated carbocycles. The average molecular weight is 443 g/mol. The first kappa shape index (κ1) is 26.3. The van der Waals surface area contributed by atoms with E-state index in [4.69, 9.17) is 18.9 Å². The van der Waals surface area contributed by atoms with E-state index in [-0.39, 0.29) is 19.7 Å². The second-order valence-corrected chi connectivity index (χ2v) is 8.92. The third kappa shape index (κ3) is 8.10. The molecule has 1 saturated heterocycles. The first-order valence-corrected chi connectivity index (χ1v) is 10.1. The van der Waals surface area contributed by atoms with Gasteiger partial charge in [-0.15, -0.1) is 0 Å². The van der Waals surface area contributed by atoms with Crippen LogP contribution >= 0.6 is 0 Å². The number of esters is 2. The Morgan fingerprint density at radius 3 is 1.84 bits per heavy atom. The van der Waals surface area contributed by atoms with Crippen LogP contribution in [0.2, 0.25) is 0 Å². The van der Waals surface area contributed by atoms with Crippen molar-refractivity contribution in [2.75, 3.05) is 26.8 Å². The molecule has 176 valence electrons. The van der Waals surface area contributed by atoms with Crippen molar-refractivity contribution in [2.24, 2.45) is 0 Å². The maximum atomic E-state index is 12.8. The fraction of sp³-hybridized carbons (Fsp3) is 0.714. The first-order valence-electron chi connectivity index (χ1n) is 10.1. The lowest BCUT2D eigenvalue weighted by Gasteiger charge is -2.44. The SMILES string of the molecule is CCOC(=O)/C=C/[C@H]1C(C(=O)OC)N(C(=O)OC(C)(C)C)CCN1C(=O)OC(C)(C)C. The van der Waals surface area contributed by atoms with Crippen molar-refractivity contribution >= 4 is 24.1 Å². The summed E-state index contributed by atoms with van der Waals surface area (Å²) in [6.45, 7) is 12.1. The predicted octanol–water partition coefficient (Wildman–Crippen LogP) is 2.50. The maximum Gasteiger partial charge on any atom is 0.411 e. The summed E-state index contributed by atoms with van der Waals surface area (Å²) < 4.78 is 20.7. The highest BCUT2D eigenvalue weighted by Gasteiger charge is 2.47. The molecule has 2 atom stereocenters. The molecule has 0 radical (unpaired) electrons. The smallest absolute Gasteiger partial charge is 0.411 e. The van der Waals surface area contributed by atoms with Gasteiger partial charge in [0.15, 0.2) is 6.04 Å². The summed E-state index contributed by atoms with van der Waals surface area (Å²) in [7, 11) is 1.17. The molecular formula is C21H34N2O8. The molecule has 0 bridgehead atoms. The number of carbonyl (C=O) groups excluding carboxylic acids is 4. The molecule has 0 N–H and O–H groups in total. The minimum Gasteiger partial charge on any atom is -0.467 e. The van der Waals surface area contributed by atoms with Gasteiger partial charge in [0, 0.05) is 19.2 Å². The summed E-state index contributed by atoms with van der Waals surface area (Å²) in [5, 5.41) is 0. The highest BCUT2D eigenvalue weighted by Crippen LogP contribution is 2.25. The Labute approximate surface area is 183 Å². The lowest BCUT2D eigenvalue weighted by atomic mass is 10.0. The van der Waals surface area contributed by atoms with Gasteiger partial charge in [-0.05, 0) is 48.5 Å². The number of hydrogen-bond acceptors (Lipinski definition) is 8. The summed E-state index contributed by atoms with van der Waals surface area (Å²) >= 11 is 0. The van der Waals surface area contributed by atoms with Crippen molar-refractivity contribution in [2.45, 2.75) is 71.8 Å². The third-order valence-corrected chi connectivity index (χ3v) is 4.02. The molecule has 0 aromatic rings. The Bertz CT molecular complexity index is 705. The minimum atomic E-state index is -1.24. The predicted molar refractivity (Wildman–Crippen MR) is 111 cm³/mol. The average Bonchev–Trinajstić information content (AvgIpc) is 2.62. The van der Waals surface area contributed by atoms with Gasteiger partial charge < -0.3 is 18.9 Å². The fourth-order valence-electron chi connectivity index (χ4n) is 2.88. The number of rotatable bonds is 4. The molecule has 0 aromatic carbocycles. The lowest BCUT2D eigenvalue weighted by molar-refractivity contribution is -0.150. The topological polar surface area (TPSA) is 112 Å². The van der Waals surface area contributed by atoms with Crippen molar-refractivity contribution in [1.82, 2.24) is 9.80 Å². The van der Waals surface area contributed by atoms with E-state index in [2.05, 4.69) is 0 Å². The molecule has 10 heteroatoms. The molecule has 1 heterocycles. The van der Waals surface area contributed by atoms with E-state index in [1.54, 1.807) is 48.5 Å². The van der Waals surface area contributed by atoms with Crippen LogP contribution in [-0.4, -0.2) is 84.0 Å². The van der Waals surface area contributed by atoms with Crippen molar-refractivity contribution in [3.05, 3.63) is 12.2 Å². The largest absolute Gasteiger partial charge is 0.467 e. The molecular weight excluding hydrogens is 408 g/mol. The van der Waals surface area contributed by atoms with Crippen LogP contribution in [0.1, 0.15) is 48.5 Å². The molecule has 1 fully saturated rings. The van der Waals surface area contributed by atoms with Gasteiger partial charge in [0.1, 0.15) is 11.2 Å². The van der Waals surface area contributed by atoms with Crippen LogP contribution < -0.4 is 0 Å². The van der Waals surface area contributed by atoms with Crippen molar-refractivity contribution in [1.29, 1.82) is 0 Å². The number of methoxy groups -OCH3 is 1. The van der Waals surface area contributed by atoms with Gasteiger partial charge in [-0.1, -0.05) is 6.08 Å². The first-order chi connectivity index (χ1) is 14.2. The molecule has 1 rings (SSSR count). The molecule has 10 nitrogen and oxygen atoms in total. The maximum absolute atomic E-state index is 12.8. The summed E-state index contributed by atoms with van der Waals surface area (Å²) in [6.07, 6.45) is 1.02. The quantitative estimate of drug-likeness (QED) is 0.371. The molecule has 1 unspecified atom stereocenters. The van der Waals surface area contributed by atoms with Gasteiger partial charge in [-0.25, -0.2) is 19.2 Å². The van der Waals surface area contributed by atoms with E-state index in [0.29, 0.717) is 0 Å². The van der Waals surface area contributed by atoms with E-state index >= 15 is 0 Å². The zero-order chi connectivity index (χ0) is 24.0. The second-order valence-electron chi connectivity index (χ2n) is 8.92. The fourth-order valence-corrected chi connectivity index (χ4v) is 2.88. The normalized spacial score (nSPS) is 19.7. The van der Waals surface area contributed by atoms with Gasteiger partial charge >= 0.3 is 24.1 Å². The molecule has 0 spiro atoms. The highest BCUT2D eigenvalue weighted by molar-refractivity contribution is 5.86. The standard InChI is InChI=1S/C21H34N2O8/c1-9-29-15(24)11-10-14-16(17(25)28-8)23(19(27)31-21(5,6)7)13-12-22(14)18(26)30-20(2,3)4/h10-11,14,16H,9,12-13H2,1-8H3/b11-10+/t14-,16?/m0/s1. The summed E-state index contributed by atoms with van der Waals surface area (Å²) in [5.74, 6) is -1.41. The van der Waals surface area contributed by atoms with Crippen LogP contribution in [-0.2, 0) is 28.5 Å². The van der Waals surface area contributed by atoms with Gasteiger partial charge in [-0.2, -0.15) is 0 Å². The Morgan fingerprint density at radius 2 is 1.39 bits per heavy atom. The van der Waals surface area contributed by atoms with Crippen LogP contribution in [0.4, 0.5) is 9.59 Å². The van der Waals surface area contributed by atoms with Gasteiger partial charge in [0.05, 0.1) is 19.8 Å². The van der Waals surface area contributed by atoms with Crippen molar-refractivity contribution in [3.8, 4) is 0 Å². The van der Waals surface area contributed by atoms with Crippen molar-refractivity contribution in [3.63, 3.8) is 0 Å². The van der Waals surface area contributed by atoms with Gasteiger partial charge in [0.25, 0.3) is 0 Å². The number of piperazine rings is 1. The van der Waals surface area contributed by atoms with E-state index in [0.717, 1.165) is 6.08 Å². The zero-order valence-corrected chi connectivity index (χ0v) is 19.6. The Balaban J connectivity index is 3.37. The van der Waals surface area contributed by atoms with Crippen LogP contribution in [0.15, 0.2) is 12.2 Å². The molecule has 1 aliphatic rings. The Hall–Kier alpha value is -2.78. The zero-order valence-electron chi connectivity index (χ0n) is 19.6. The molecule has 0 aliphatic carbocycles. The number of ether oxygens (including phenoxy) is 4. The van der Waals surface area contributed by atoms with E-state index in [1.807, 2.05) is 0 Å². The van der Waals surface area contributed by atoms with Crippen LogP contribution in [0.3, 0.4) is 0 Å². The number of amides is 2. The molecule has 31 heavy (non-hydrogen) atoms. The Kier molecular flexibility index (Phi) is 8.89. The summed E-state index contributed by atoms with van der Waals surface area (Å²) in [5.41, 5.74) is -1.58. The third-order valence-electron chi connectivity index (χ3n) is 4.02. The number of nitrogens with zero attached hydrogens (tertiary/aromatic N) is 2. The molecule has 0 aromatic heterocycles. The lowest BCUT2D eigenvalue weighted by Crippen LogP contribution is -2.65. The van der Waals surface area contributed by atoms with E-state index < -0.39 is 47.4 Å². The van der Waals surface area contributed by atoms with Gasteiger partial charge in [0.2, 0.25) is 0 Å². The van der Waals surface area contributed by atoms with Crippen LogP contribution in [0, 0.1) is 0 Å². The highest BCUT2D eigenvalue weighted by atomic mass is 16.6. The van der Waals surface area contributed by atoms with Gasteiger partial charge in [-0.3, -0.25) is 9.80 Å². The minimum absolute atomic E-state index is 0.0116. The van der Waals surface area contributed by atoms with E-state index in [1.165, 1.54) is 23.0 Å². The molecule has 2 amide bonds. The summed E-state index contributed by atoms with van der Waals surface area (Å²) in [4.78, 5) is 52.6. The van der Waals surface area contributed by atoms with Crippen molar-refractivity contribution < 1.29 is 38.1 Å². The Morgan fingerprint density at radius 1 is 0.903 bits per heavy atom. The summed E-state index contributed by atoms with van der Waals surface area (Å²) in [6, 6.07) is -2.28. The monoisotopic (exact) mass is 442 g/mol. The van der Waals surface area contributed by atoms with E-state index in [9.17, 15) is 19.2 Å². The number of hydrogen-bond donors (Lipinski definition) is 0. The number of carbonyl (C=O) groups is 4. The second kappa shape index (κ2) is 10.5. The van der Waals surface area contributed by atoms with Crippen LogP contribution in [0.5, 0.6) is 0 Å². The van der Waals surface area contributed by atoms with Crippen LogP contribution in [0.25, 0.3) is 0 Å².